The van der Waals surface area contributed by atoms with Crippen LogP contribution in [0.4, 0.5) is 0 Å². The first-order chi connectivity index (χ1) is 10.4. The van der Waals surface area contributed by atoms with Gasteiger partial charge in [0.05, 0.1) is 11.1 Å². The minimum absolute atomic E-state index is 0.0199. The first-order valence-corrected chi connectivity index (χ1v) is 6.64. The van der Waals surface area contributed by atoms with Gasteiger partial charge in [-0.25, -0.2) is 0 Å². The summed E-state index contributed by atoms with van der Waals surface area (Å²) in [5, 5.41) is 10.6. The number of fused-ring (bicyclic) bond motifs is 1. The molecular weight excluding hydrogens is 292 g/mol. The van der Waals surface area contributed by atoms with Crippen LogP contribution in [0.25, 0.3) is 0 Å². The van der Waals surface area contributed by atoms with Crippen LogP contribution in [0.2, 0.25) is 0 Å². The highest BCUT2D eigenvalue weighted by molar-refractivity contribution is 6.21. The third-order valence-electron chi connectivity index (χ3n) is 3.24. The van der Waals surface area contributed by atoms with Crippen LogP contribution in [0.5, 0.6) is 0 Å². The van der Waals surface area contributed by atoms with E-state index >= 15 is 0 Å². The fraction of sp³-hybridized carbons (Fsp3) is 0.357. The third kappa shape index (κ3) is 3.27. The summed E-state index contributed by atoms with van der Waals surface area (Å²) in [6, 6.07) is 6.41. The van der Waals surface area contributed by atoms with Gasteiger partial charge in [0.25, 0.3) is 11.8 Å². The predicted octanol–water partition coefficient (Wildman–Crippen LogP) is 0.881. The van der Waals surface area contributed by atoms with Crippen LogP contribution >= 0.6 is 0 Å². The average molecular weight is 306 g/mol. The third-order valence-corrected chi connectivity index (χ3v) is 3.24. The van der Waals surface area contributed by atoms with Crippen LogP contribution in [-0.2, 0) is 9.53 Å². The Hall–Kier alpha value is -2.77. The van der Waals surface area contributed by atoms with E-state index < -0.39 is 35.4 Å². The quantitative estimate of drug-likeness (QED) is 0.334. The molecule has 0 aromatic heterocycles. The Morgan fingerprint density at radius 1 is 1.27 bits per heavy atom. The van der Waals surface area contributed by atoms with Crippen LogP contribution < -0.4 is 0 Å². The molecular formula is C14H14N2O6. The summed E-state index contributed by atoms with van der Waals surface area (Å²) >= 11 is 0. The molecule has 2 amide bonds. The number of carbonyl (C=O) groups is 3. The van der Waals surface area contributed by atoms with Gasteiger partial charge in [0.15, 0.2) is 6.10 Å². The second kappa shape index (κ2) is 6.33. The summed E-state index contributed by atoms with van der Waals surface area (Å²) in [5.41, 5.74) is 0.622. The number of rotatable bonds is 6. The standard InChI is InChI=1S/C14H14N2O6/c1-9(17)22-10(8-16(20)21)6-7-15-13(18)11-4-2-3-5-12(11)14(15)19/h2-5,10H,6-8H2,1H3. The van der Waals surface area contributed by atoms with E-state index in [0.29, 0.717) is 11.1 Å². The topological polar surface area (TPSA) is 107 Å². The van der Waals surface area contributed by atoms with Gasteiger partial charge in [0, 0.05) is 24.8 Å². The molecule has 1 aromatic carbocycles. The highest BCUT2D eigenvalue weighted by atomic mass is 16.6. The largest absolute Gasteiger partial charge is 0.455 e. The number of esters is 1. The van der Waals surface area contributed by atoms with E-state index in [9.17, 15) is 24.5 Å². The van der Waals surface area contributed by atoms with E-state index in [1.807, 2.05) is 0 Å². The van der Waals surface area contributed by atoms with Crippen molar-refractivity contribution in [2.45, 2.75) is 19.4 Å². The van der Waals surface area contributed by atoms with E-state index in [1.165, 1.54) is 0 Å². The van der Waals surface area contributed by atoms with Gasteiger partial charge in [-0.2, -0.15) is 0 Å². The van der Waals surface area contributed by atoms with E-state index in [0.717, 1.165) is 11.8 Å². The second-order valence-corrected chi connectivity index (χ2v) is 4.84. The molecule has 0 radical (unpaired) electrons. The fourth-order valence-electron chi connectivity index (χ4n) is 2.30. The lowest BCUT2D eigenvalue weighted by molar-refractivity contribution is -0.490. The first kappa shape index (κ1) is 15.6. The number of imide groups is 1. The zero-order valence-electron chi connectivity index (χ0n) is 11.9. The molecule has 116 valence electrons. The maximum absolute atomic E-state index is 12.1. The molecule has 1 heterocycles. The number of hydrogen-bond donors (Lipinski definition) is 0. The summed E-state index contributed by atoms with van der Waals surface area (Å²) in [7, 11) is 0. The number of nitrogens with zero attached hydrogens (tertiary/aromatic N) is 2. The summed E-state index contributed by atoms with van der Waals surface area (Å²) in [4.78, 5) is 46.2. The van der Waals surface area contributed by atoms with E-state index in [-0.39, 0.29) is 13.0 Å². The number of hydrogen-bond acceptors (Lipinski definition) is 6. The fourth-order valence-corrected chi connectivity index (χ4v) is 2.30. The Bertz CT molecular complexity index is 591. The van der Waals surface area contributed by atoms with Gasteiger partial charge in [-0.3, -0.25) is 29.4 Å². The molecule has 2 rings (SSSR count). The van der Waals surface area contributed by atoms with Crippen LogP contribution in [0.3, 0.4) is 0 Å². The van der Waals surface area contributed by atoms with Gasteiger partial charge in [0.2, 0.25) is 6.54 Å². The lowest BCUT2D eigenvalue weighted by Gasteiger charge is -2.17. The molecule has 22 heavy (non-hydrogen) atoms. The summed E-state index contributed by atoms with van der Waals surface area (Å²) in [6.07, 6.45) is -0.955. The van der Waals surface area contributed by atoms with Gasteiger partial charge < -0.3 is 4.74 Å². The predicted molar refractivity (Wildman–Crippen MR) is 73.8 cm³/mol. The van der Waals surface area contributed by atoms with Crippen molar-refractivity contribution in [3.63, 3.8) is 0 Å². The highest BCUT2D eigenvalue weighted by Gasteiger charge is 2.35. The first-order valence-electron chi connectivity index (χ1n) is 6.64. The summed E-state index contributed by atoms with van der Waals surface area (Å²) in [5.74, 6) is -1.53. The molecule has 0 fully saturated rings. The normalized spacial score (nSPS) is 14.7. The van der Waals surface area contributed by atoms with Crippen molar-refractivity contribution in [2.24, 2.45) is 0 Å². The smallest absolute Gasteiger partial charge is 0.303 e. The van der Waals surface area contributed by atoms with Crippen molar-refractivity contribution in [1.29, 1.82) is 0 Å². The number of amides is 2. The van der Waals surface area contributed by atoms with Crippen LogP contribution in [0.15, 0.2) is 24.3 Å². The maximum Gasteiger partial charge on any atom is 0.303 e. The van der Waals surface area contributed by atoms with Gasteiger partial charge in [-0.05, 0) is 12.1 Å². The SMILES string of the molecule is CC(=O)OC(CCN1C(=O)c2ccccc2C1=O)C[N+](=O)[O-]. The molecule has 1 aromatic rings. The molecule has 0 aliphatic carbocycles. The zero-order valence-corrected chi connectivity index (χ0v) is 11.9. The van der Waals surface area contributed by atoms with Crippen molar-refractivity contribution in [3.05, 3.63) is 45.5 Å². The Kier molecular flexibility index (Phi) is 4.50. The number of nitro groups is 1. The summed E-state index contributed by atoms with van der Waals surface area (Å²) < 4.78 is 4.84. The van der Waals surface area contributed by atoms with Crippen molar-refractivity contribution >= 4 is 17.8 Å². The summed E-state index contributed by atoms with van der Waals surface area (Å²) in [6.45, 7) is 0.538. The average Bonchev–Trinajstić information content (AvgIpc) is 2.68. The monoisotopic (exact) mass is 306 g/mol. The minimum atomic E-state index is -0.975. The molecule has 0 bridgehead atoms. The van der Waals surface area contributed by atoms with Gasteiger partial charge >= 0.3 is 5.97 Å². The second-order valence-electron chi connectivity index (χ2n) is 4.84. The van der Waals surface area contributed by atoms with Crippen LogP contribution in [0, 0.1) is 10.1 Å². The molecule has 1 atom stereocenters. The molecule has 0 N–H and O–H groups in total. The number of ether oxygens (including phenoxy) is 1. The minimum Gasteiger partial charge on any atom is -0.455 e. The Morgan fingerprint density at radius 3 is 2.27 bits per heavy atom. The molecule has 0 saturated heterocycles. The van der Waals surface area contributed by atoms with Gasteiger partial charge in [0.1, 0.15) is 0 Å². The van der Waals surface area contributed by atoms with Crippen molar-refractivity contribution in [2.75, 3.05) is 13.1 Å². The van der Waals surface area contributed by atoms with Gasteiger partial charge in [-0.15, -0.1) is 0 Å². The molecule has 1 aliphatic heterocycles. The van der Waals surface area contributed by atoms with Crippen molar-refractivity contribution < 1.29 is 24.0 Å². The van der Waals surface area contributed by atoms with Crippen molar-refractivity contribution in [1.82, 2.24) is 4.90 Å². The number of carbonyl (C=O) groups excluding carboxylic acids is 3. The van der Waals surface area contributed by atoms with E-state index in [1.54, 1.807) is 24.3 Å². The highest BCUT2D eigenvalue weighted by Crippen LogP contribution is 2.22. The van der Waals surface area contributed by atoms with E-state index in [4.69, 9.17) is 4.74 Å². The Balaban J connectivity index is 2.05. The lowest BCUT2D eigenvalue weighted by atomic mass is 10.1. The van der Waals surface area contributed by atoms with E-state index in [2.05, 4.69) is 0 Å². The Labute approximate surface area is 125 Å². The molecule has 8 nitrogen and oxygen atoms in total. The molecule has 0 saturated carbocycles. The van der Waals surface area contributed by atoms with Crippen LogP contribution in [0.1, 0.15) is 34.1 Å². The van der Waals surface area contributed by atoms with Crippen molar-refractivity contribution in [3.8, 4) is 0 Å². The lowest BCUT2D eigenvalue weighted by Crippen LogP contribution is -2.35. The molecule has 1 aliphatic rings. The van der Waals surface area contributed by atoms with Crippen LogP contribution in [-0.4, -0.2) is 46.8 Å². The molecule has 0 spiro atoms. The zero-order chi connectivity index (χ0) is 16.3. The maximum atomic E-state index is 12.1. The molecule has 8 heteroatoms. The Morgan fingerprint density at radius 2 is 1.82 bits per heavy atom. The molecule has 1 unspecified atom stereocenters. The number of benzene rings is 1. The van der Waals surface area contributed by atoms with Gasteiger partial charge in [-0.1, -0.05) is 12.1 Å².